The zero-order valence-corrected chi connectivity index (χ0v) is 10.7. The predicted octanol–water partition coefficient (Wildman–Crippen LogP) is 0.437. The summed E-state index contributed by atoms with van der Waals surface area (Å²) in [6.45, 7) is 1.38. The number of hydrogen-bond acceptors (Lipinski definition) is 6. The summed E-state index contributed by atoms with van der Waals surface area (Å²) in [7, 11) is 1.86. The van der Waals surface area contributed by atoms with Crippen LogP contribution in [-0.4, -0.2) is 51.0 Å². The number of aromatic nitrogens is 4. The van der Waals surface area contributed by atoms with Crippen LogP contribution in [-0.2, 0) is 11.8 Å². The lowest BCUT2D eigenvalue weighted by molar-refractivity contribution is 0.0992. The highest BCUT2D eigenvalue weighted by Gasteiger charge is 2.10. The Kier molecular flexibility index (Phi) is 4.29. The molecule has 7 nitrogen and oxygen atoms in total. The lowest BCUT2D eigenvalue weighted by Gasteiger charge is -2.08. The van der Waals surface area contributed by atoms with Crippen molar-refractivity contribution in [2.24, 2.45) is 7.05 Å². The number of nitrogens with zero attached hydrogens (tertiary/aromatic N) is 4. The first-order chi connectivity index (χ1) is 8.72. The molecule has 8 heteroatoms. The van der Waals surface area contributed by atoms with Crippen molar-refractivity contribution in [3.8, 4) is 0 Å². The number of aliphatic hydroxyl groups excluding tert-OH is 1. The van der Waals surface area contributed by atoms with Gasteiger partial charge in [-0.2, -0.15) is 9.97 Å². The average Bonchev–Trinajstić information content (AvgIpc) is 2.70. The Morgan fingerprint density at radius 2 is 2.28 bits per heavy atom. The van der Waals surface area contributed by atoms with Crippen molar-refractivity contribution in [2.75, 3.05) is 31.7 Å². The molecule has 0 bridgehead atoms. The van der Waals surface area contributed by atoms with E-state index < -0.39 is 0 Å². The van der Waals surface area contributed by atoms with Crippen LogP contribution in [0, 0.1) is 0 Å². The van der Waals surface area contributed by atoms with Gasteiger partial charge in [-0.3, -0.25) is 0 Å². The van der Waals surface area contributed by atoms with Crippen LogP contribution in [0.4, 0.5) is 5.82 Å². The summed E-state index contributed by atoms with van der Waals surface area (Å²) in [6.07, 6.45) is 1.66. The summed E-state index contributed by atoms with van der Waals surface area (Å²) in [5.74, 6) is 0.623. The smallest absolute Gasteiger partial charge is 0.226 e. The fraction of sp³-hybridized carbons (Fsp3) is 0.500. The molecule has 0 radical (unpaired) electrons. The third kappa shape index (κ3) is 2.87. The second kappa shape index (κ2) is 5.94. The average molecular weight is 272 g/mol. The van der Waals surface area contributed by atoms with Gasteiger partial charge in [-0.05, 0) is 11.6 Å². The van der Waals surface area contributed by atoms with E-state index in [0.717, 1.165) is 5.52 Å². The fourth-order valence-electron chi connectivity index (χ4n) is 1.56. The van der Waals surface area contributed by atoms with Crippen molar-refractivity contribution in [2.45, 2.75) is 0 Å². The van der Waals surface area contributed by atoms with E-state index in [9.17, 15) is 0 Å². The van der Waals surface area contributed by atoms with Crippen molar-refractivity contribution in [3.63, 3.8) is 0 Å². The van der Waals surface area contributed by atoms with Gasteiger partial charge in [0.15, 0.2) is 11.5 Å². The molecule has 98 valence electrons. The summed E-state index contributed by atoms with van der Waals surface area (Å²) in [4.78, 5) is 12.3. The SMILES string of the molecule is Cn1cnc2nc(Cl)nc(NCCOCCO)c21. The maximum absolute atomic E-state index is 8.57. The molecule has 0 fully saturated rings. The Hall–Kier alpha value is -1.44. The van der Waals surface area contributed by atoms with E-state index in [4.69, 9.17) is 21.4 Å². The van der Waals surface area contributed by atoms with Gasteiger partial charge in [0.25, 0.3) is 0 Å². The Balaban J connectivity index is 2.09. The van der Waals surface area contributed by atoms with Crippen LogP contribution in [0.1, 0.15) is 0 Å². The van der Waals surface area contributed by atoms with E-state index in [2.05, 4.69) is 20.3 Å². The number of fused-ring (bicyclic) bond motifs is 1. The Labute approximate surface area is 109 Å². The second-order valence-electron chi connectivity index (χ2n) is 3.63. The molecule has 2 aromatic rings. The number of halogens is 1. The van der Waals surface area contributed by atoms with Gasteiger partial charge in [0.05, 0.1) is 26.1 Å². The van der Waals surface area contributed by atoms with Crippen LogP contribution in [0.3, 0.4) is 0 Å². The van der Waals surface area contributed by atoms with Gasteiger partial charge in [-0.1, -0.05) is 0 Å². The first kappa shape index (κ1) is 13.0. The summed E-state index contributed by atoms with van der Waals surface area (Å²) in [5, 5.41) is 11.8. The molecule has 0 atom stereocenters. The van der Waals surface area contributed by atoms with Gasteiger partial charge in [0.2, 0.25) is 5.28 Å². The lowest BCUT2D eigenvalue weighted by Crippen LogP contribution is -2.13. The summed E-state index contributed by atoms with van der Waals surface area (Å²) in [6, 6.07) is 0. The van der Waals surface area contributed by atoms with Gasteiger partial charge in [0.1, 0.15) is 5.52 Å². The van der Waals surface area contributed by atoms with E-state index in [1.165, 1.54) is 0 Å². The highest BCUT2D eigenvalue weighted by Crippen LogP contribution is 2.20. The van der Waals surface area contributed by atoms with Crippen LogP contribution in [0.5, 0.6) is 0 Å². The quantitative estimate of drug-likeness (QED) is 0.586. The third-order valence-corrected chi connectivity index (χ3v) is 2.49. The third-order valence-electron chi connectivity index (χ3n) is 2.32. The van der Waals surface area contributed by atoms with Crippen molar-refractivity contribution < 1.29 is 9.84 Å². The first-order valence-electron chi connectivity index (χ1n) is 5.49. The molecule has 0 amide bonds. The zero-order valence-electron chi connectivity index (χ0n) is 9.93. The molecule has 2 N–H and O–H groups in total. The Morgan fingerprint density at radius 3 is 3.06 bits per heavy atom. The number of ether oxygens (including phenoxy) is 1. The zero-order chi connectivity index (χ0) is 13.0. The maximum Gasteiger partial charge on any atom is 0.226 e. The Bertz CT molecular complexity index is 530. The second-order valence-corrected chi connectivity index (χ2v) is 3.97. The lowest BCUT2D eigenvalue weighted by atomic mass is 10.4. The van der Waals surface area contributed by atoms with Crippen LogP contribution in [0.2, 0.25) is 5.28 Å². The number of aryl methyl sites for hydroxylation is 1. The Morgan fingerprint density at radius 1 is 1.44 bits per heavy atom. The molecule has 0 aliphatic carbocycles. The van der Waals surface area contributed by atoms with Crippen molar-refractivity contribution in [1.29, 1.82) is 0 Å². The first-order valence-corrected chi connectivity index (χ1v) is 5.87. The van der Waals surface area contributed by atoms with E-state index in [1.54, 1.807) is 6.33 Å². The molecule has 2 rings (SSSR count). The molecule has 0 spiro atoms. The number of rotatable bonds is 6. The minimum absolute atomic E-state index is 0.0192. The van der Waals surface area contributed by atoms with Crippen LogP contribution in [0.25, 0.3) is 11.2 Å². The topological polar surface area (TPSA) is 85.1 Å². The molecule has 0 saturated heterocycles. The summed E-state index contributed by atoms with van der Waals surface area (Å²) >= 11 is 5.82. The van der Waals surface area contributed by atoms with Gasteiger partial charge >= 0.3 is 0 Å². The van der Waals surface area contributed by atoms with E-state index in [-0.39, 0.29) is 11.9 Å². The molecule has 2 heterocycles. The molecule has 0 unspecified atom stereocenters. The number of aliphatic hydroxyl groups is 1. The summed E-state index contributed by atoms with van der Waals surface area (Å²) in [5.41, 5.74) is 1.35. The normalized spacial score (nSPS) is 11.1. The number of anilines is 1. The van der Waals surface area contributed by atoms with Crippen LogP contribution in [0.15, 0.2) is 6.33 Å². The number of imidazole rings is 1. The van der Waals surface area contributed by atoms with Crippen molar-refractivity contribution in [3.05, 3.63) is 11.6 Å². The molecule has 0 aromatic carbocycles. The molecular weight excluding hydrogens is 258 g/mol. The van der Waals surface area contributed by atoms with Crippen LogP contribution < -0.4 is 5.32 Å². The monoisotopic (exact) mass is 271 g/mol. The molecule has 0 aliphatic rings. The molecule has 0 aliphatic heterocycles. The highest BCUT2D eigenvalue weighted by molar-refractivity contribution is 6.28. The molecular formula is C10H14ClN5O2. The van der Waals surface area contributed by atoms with Crippen molar-refractivity contribution >= 4 is 28.6 Å². The summed E-state index contributed by atoms with van der Waals surface area (Å²) < 4.78 is 6.97. The fourth-order valence-corrected chi connectivity index (χ4v) is 1.73. The van der Waals surface area contributed by atoms with Crippen molar-refractivity contribution in [1.82, 2.24) is 19.5 Å². The van der Waals surface area contributed by atoms with Gasteiger partial charge in [0, 0.05) is 13.6 Å². The number of nitrogens with one attached hydrogen (secondary N) is 1. The van der Waals surface area contributed by atoms with E-state index >= 15 is 0 Å². The minimum Gasteiger partial charge on any atom is -0.394 e. The number of hydrogen-bond donors (Lipinski definition) is 2. The molecule has 2 aromatic heterocycles. The van der Waals surface area contributed by atoms with Gasteiger partial charge in [-0.15, -0.1) is 0 Å². The van der Waals surface area contributed by atoms with E-state index in [1.807, 2.05) is 11.6 Å². The van der Waals surface area contributed by atoms with Crippen LogP contribution >= 0.6 is 11.6 Å². The predicted molar refractivity (Wildman–Crippen MR) is 67.7 cm³/mol. The molecule has 18 heavy (non-hydrogen) atoms. The van der Waals surface area contributed by atoms with Gasteiger partial charge in [-0.25, -0.2) is 4.98 Å². The maximum atomic E-state index is 8.57. The van der Waals surface area contributed by atoms with E-state index in [0.29, 0.717) is 31.2 Å². The standard InChI is InChI=1S/C10H14ClN5O2/c1-16-6-13-9-7(16)8(14-10(11)15-9)12-2-4-18-5-3-17/h6,17H,2-5H2,1H3,(H,12,14,15). The molecule has 0 saturated carbocycles. The van der Waals surface area contributed by atoms with Gasteiger partial charge < -0.3 is 19.7 Å². The highest BCUT2D eigenvalue weighted by atomic mass is 35.5. The largest absolute Gasteiger partial charge is 0.394 e. The minimum atomic E-state index is 0.0192.